The van der Waals surface area contributed by atoms with Crippen molar-refractivity contribution in [3.05, 3.63) is 167 Å². The third-order valence-electron chi connectivity index (χ3n) is 17.3. The largest absolute Gasteiger partial charge is 1.00 e. The minimum atomic E-state index is -1.06. The molecule has 20 nitrogen and oxygen atoms in total. The molecule has 5 aromatic carbocycles. The number of esters is 2. The third kappa shape index (κ3) is 21.7. The van der Waals surface area contributed by atoms with Crippen LogP contribution in [0.3, 0.4) is 0 Å². The molecule has 5 aromatic rings. The summed E-state index contributed by atoms with van der Waals surface area (Å²) < 4.78 is 10.9. The number of imide groups is 1. The number of aromatic carboxylic acids is 3. The standard InChI is InChI=1S/C13H17NO3.C13H15NO2.C13H16O4.C13H14O3.C13H18O2.C2H3ClO.CH3I.2H3N.Na.H2O/c1-6-7(2)9(4)12(13(16)17)10(8(6)3)5-11(14)15;1-6-7(2)9(4)12-10(8(6)3)5-11(15)14-13(12)16;1-6-7(2)9(4)12(13(16)17)10(8(6)3)5-11(14)15;1-6-7(2)9(4)12-10(8(6)3)5-11(14)16-13(12)15;1-6-11-9(4)7(2)8(3)10(5)12(11)13(14)15;1-2(3)4;1-2;;;;/h5H2,1-4H3,(H2,14,15)(H,16,17);5H2,1-4H3,(H,14,15,16);5H2,1-4H3,(H,14,15)(H,16,17);5H2,1-4H3;6H2,1-5H3,(H,14,15);1H3;1H3;2*1H3;;1H2/q;;;;;;;;;+1;/p-1/i;;;;;;1D;;;;. The van der Waals surface area contributed by atoms with E-state index in [1.807, 2.05) is 140 Å². The fourth-order valence-corrected chi connectivity index (χ4v) is 10.8. The number of benzene rings is 5. The van der Waals surface area contributed by atoms with Gasteiger partial charge in [-0.2, -0.15) is 0 Å². The van der Waals surface area contributed by atoms with E-state index in [-0.39, 0.29) is 94.8 Å². The van der Waals surface area contributed by atoms with Crippen LogP contribution in [0.15, 0.2) is 0 Å². The Hall–Kier alpha value is -6.70. The number of carboxylic acid groups (broad SMARTS) is 4. The van der Waals surface area contributed by atoms with Gasteiger partial charge < -0.3 is 48.7 Å². The molecule has 0 radical (unpaired) electrons. The van der Waals surface area contributed by atoms with E-state index < -0.39 is 41.7 Å². The van der Waals surface area contributed by atoms with Crippen molar-refractivity contribution < 1.29 is 110 Å². The molecule has 0 aliphatic carbocycles. The van der Waals surface area contributed by atoms with Gasteiger partial charge in [0.1, 0.15) is 0 Å². The van der Waals surface area contributed by atoms with E-state index in [0.717, 1.165) is 112 Å². The van der Waals surface area contributed by atoms with E-state index in [0.29, 0.717) is 50.3 Å². The second-order valence-corrected chi connectivity index (χ2v) is 22.2. The molecule has 3 amide bonds. The Balaban J connectivity index is -0.000000507. The van der Waals surface area contributed by atoms with Crippen LogP contribution in [0, 0.1) is 138 Å². The quantitative estimate of drug-likeness (QED) is 0.0136. The number of hydrogen-bond acceptors (Lipinski definition) is 14. The number of fused-ring (bicyclic) bond motifs is 2. The van der Waals surface area contributed by atoms with Crippen LogP contribution in [0.25, 0.3) is 0 Å². The first-order chi connectivity index (χ1) is 40.5. The summed E-state index contributed by atoms with van der Waals surface area (Å²) in [6.07, 6.45) is 1.00. The molecule has 91 heavy (non-hydrogen) atoms. The first-order valence-electron chi connectivity index (χ1n) is 28.4. The van der Waals surface area contributed by atoms with Crippen LogP contribution in [0.4, 0.5) is 0 Å². The van der Waals surface area contributed by atoms with Gasteiger partial charge in [-0.3, -0.25) is 34.1 Å². The Morgan fingerprint density at radius 1 is 0.495 bits per heavy atom. The minimum absolute atomic E-state index is 0. The molecule has 0 saturated carbocycles. The number of nitrogens with one attached hydrogen (secondary N) is 1. The molecule has 2 heterocycles. The topological polar surface area (TPSA) is 399 Å². The number of primary amides is 1. The molecule has 0 bridgehead atoms. The van der Waals surface area contributed by atoms with Crippen molar-refractivity contribution in [1.82, 2.24) is 17.6 Å². The van der Waals surface area contributed by atoms with Gasteiger partial charge in [-0.15, -0.1) is 0 Å². The molecule has 14 N–H and O–H groups in total. The van der Waals surface area contributed by atoms with E-state index in [4.69, 9.17) is 12.2 Å². The zero-order chi connectivity index (χ0) is 68.8. The Morgan fingerprint density at radius 2 is 0.769 bits per heavy atom. The zero-order valence-corrected chi connectivity index (χ0v) is 62.1. The van der Waals surface area contributed by atoms with Crippen LogP contribution < -0.4 is 52.9 Å². The summed E-state index contributed by atoms with van der Waals surface area (Å²) >= 11 is 6.59. The Morgan fingerprint density at radius 3 is 1.09 bits per heavy atom. The van der Waals surface area contributed by atoms with Gasteiger partial charge in [-0.05, 0) is 300 Å². The Bertz CT molecular complexity index is 3500. The molecule has 2 aliphatic heterocycles. The van der Waals surface area contributed by atoms with Crippen LogP contribution in [-0.4, -0.2) is 89.6 Å². The van der Waals surface area contributed by atoms with Crippen molar-refractivity contribution in [3.8, 4) is 0 Å². The zero-order valence-electron chi connectivity index (χ0n) is 58.2. The van der Waals surface area contributed by atoms with E-state index >= 15 is 0 Å². The number of halogens is 2. The molecule has 0 saturated heterocycles. The van der Waals surface area contributed by atoms with Crippen molar-refractivity contribution >= 4 is 93.0 Å². The molecule has 2 aliphatic rings. The van der Waals surface area contributed by atoms with Gasteiger partial charge in [0.25, 0.3) is 5.91 Å². The summed E-state index contributed by atoms with van der Waals surface area (Å²) in [6.45, 7) is 41.7. The summed E-state index contributed by atoms with van der Waals surface area (Å²) in [5.41, 5.74) is 30.7. The van der Waals surface area contributed by atoms with Crippen LogP contribution in [0.5, 0.6) is 0 Å². The fourth-order valence-electron chi connectivity index (χ4n) is 10.8. The number of carboxylic acids is 4. The van der Waals surface area contributed by atoms with Gasteiger partial charge in [0.15, 0.2) is 0 Å². The van der Waals surface area contributed by atoms with E-state index in [2.05, 4.69) is 28.6 Å². The van der Waals surface area contributed by atoms with E-state index in [1.54, 1.807) is 20.8 Å². The smallest absolute Gasteiger partial charge is 0.870 e. The Kier molecular flexibility index (Phi) is 37.9. The van der Waals surface area contributed by atoms with Crippen LogP contribution in [0.1, 0.15) is 206 Å². The number of cyclic esters (lactones) is 2. The number of carbonyl (C=O) groups is 10. The van der Waals surface area contributed by atoms with Crippen molar-refractivity contribution in [2.45, 2.75) is 184 Å². The van der Waals surface area contributed by atoms with Gasteiger partial charge in [0.2, 0.25) is 17.1 Å². The molecule has 0 aromatic heterocycles. The van der Waals surface area contributed by atoms with Crippen molar-refractivity contribution in [2.75, 3.05) is 4.91 Å². The number of nitrogens with two attached hydrogens (primary N) is 1. The molecule has 0 fully saturated rings. The number of alkyl halides is 1. The number of hydrogen-bond donors (Lipinski definition) is 8. The number of ether oxygens (including phenoxy) is 1. The van der Waals surface area contributed by atoms with Gasteiger partial charge in [-0.1, -0.05) is 29.5 Å². The third-order valence-corrected chi connectivity index (χ3v) is 17.3. The Labute approximate surface area is 577 Å². The molecule has 7 rings (SSSR count). The van der Waals surface area contributed by atoms with Crippen molar-refractivity contribution in [2.24, 2.45) is 5.73 Å². The second-order valence-electron chi connectivity index (χ2n) is 21.7. The molecule has 0 spiro atoms. The number of rotatable bonds is 8. The van der Waals surface area contributed by atoms with E-state index in [9.17, 15) is 63.3 Å². The van der Waals surface area contributed by atoms with Crippen LogP contribution in [-0.2, 0) is 60.8 Å². The summed E-state index contributed by atoms with van der Waals surface area (Å²) in [7, 11) is 0. The van der Waals surface area contributed by atoms with Gasteiger partial charge in [0, 0.05) is 13.9 Å². The molecule has 23 heteroatoms. The maximum Gasteiger partial charge on any atom is 1.00 e. The van der Waals surface area contributed by atoms with Gasteiger partial charge in [0.05, 0.1) is 47.9 Å². The average Bonchev–Trinajstić information content (AvgIpc) is 0.816. The van der Waals surface area contributed by atoms with Crippen LogP contribution >= 0.6 is 34.2 Å². The molecule has 496 valence electrons. The monoisotopic (exact) mass is 1410 g/mol. The predicted octanol–water partition coefficient (Wildman–Crippen LogP) is 9.94. The SMILES string of the molecule is CC(=O)Cl.CCc1c(C)c(C)c(C)c(C)c1C(=O)O.Cc1c(C)c(C)c(C(=O)O)c(CC(=O)O)c1C.Cc1c(C)c(C)c(C(=O)O)c(CC(N)=O)c1C.Cc1c(C)c(C)c2c(c1C)CC(=O)NC2=O.Cc1c(C)c(C)c2c(c1C)CC(=O)OC2=O.N.N.[2H]CI.[Na+].[OH-]. The summed E-state index contributed by atoms with van der Waals surface area (Å²) in [6, 6.07) is 0. The van der Waals surface area contributed by atoms with Gasteiger partial charge in [-0.25, -0.2) is 19.2 Å². The average molecular weight is 1410 g/mol. The summed E-state index contributed by atoms with van der Waals surface area (Å²) in [5, 5.41) is 38.5. The maximum absolute atomic E-state index is 11.8. The maximum atomic E-state index is 11.8. The predicted molar refractivity (Wildman–Crippen MR) is 360 cm³/mol. The fraction of sp³-hybridized carbons (Fsp3) is 0.412. The minimum Gasteiger partial charge on any atom is -0.870 e. The molecular formula is C68H93ClIN4NaO16. The van der Waals surface area contributed by atoms with Crippen LogP contribution in [0.2, 0.25) is 0 Å². The molecular weight excluding hydrogens is 1310 g/mol. The first-order valence-corrected chi connectivity index (χ1v) is 29.6. The first kappa shape index (κ1) is 88.5. The van der Waals surface area contributed by atoms with Crippen molar-refractivity contribution in [3.63, 3.8) is 0 Å². The number of carbonyl (C=O) groups excluding carboxylic acids is 6. The second kappa shape index (κ2) is 39.0. The molecule has 0 atom stereocenters. The van der Waals surface area contributed by atoms with Crippen molar-refractivity contribution in [1.29, 1.82) is 0 Å². The number of aliphatic carboxylic acids is 1. The molecule has 0 unspecified atom stereocenters. The normalized spacial score (nSPS) is 11.3. The van der Waals surface area contributed by atoms with Gasteiger partial charge >= 0.3 is 65.4 Å². The summed E-state index contributed by atoms with van der Waals surface area (Å²) in [5.74, 6) is -5.83. The summed E-state index contributed by atoms with van der Waals surface area (Å²) in [4.78, 5) is 111. The number of amides is 3. The van der Waals surface area contributed by atoms with E-state index in [1.165, 1.54) is 18.1 Å².